The number of hydrogen-bond acceptors (Lipinski definition) is 5. The molecule has 1 aromatic carbocycles. The van der Waals surface area contributed by atoms with Gasteiger partial charge in [-0.3, -0.25) is 14.6 Å². The van der Waals surface area contributed by atoms with E-state index in [-0.39, 0.29) is 17.7 Å². The molecule has 0 aliphatic carbocycles. The quantitative estimate of drug-likeness (QED) is 0.843. The Balaban J connectivity index is 1.76. The molecule has 1 unspecified atom stereocenters. The molecule has 0 spiro atoms. The van der Waals surface area contributed by atoms with Gasteiger partial charge in [-0.05, 0) is 51.0 Å². The molecule has 0 bridgehead atoms. The van der Waals surface area contributed by atoms with Crippen LogP contribution in [0.2, 0.25) is 0 Å². The maximum atomic E-state index is 12.8. The minimum absolute atomic E-state index is 0.000772. The van der Waals surface area contributed by atoms with Gasteiger partial charge in [0, 0.05) is 17.8 Å². The van der Waals surface area contributed by atoms with Crippen molar-refractivity contribution < 1.29 is 13.2 Å². The summed E-state index contributed by atoms with van der Waals surface area (Å²) >= 11 is 0. The van der Waals surface area contributed by atoms with E-state index in [1.165, 1.54) is 0 Å². The van der Waals surface area contributed by atoms with Crippen molar-refractivity contribution >= 4 is 21.6 Å². The number of carbonyl (C=O) groups excluding carboxylic acids is 1. The van der Waals surface area contributed by atoms with E-state index in [4.69, 9.17) is 0 Å². The van der Waals surface area contributed by atoms with Crippen LogP contribution in [0.1, 0.15) is 47.8 Å². The van der Waals surface area contributed by atoms with Crippen LogP contribution in [0.3, 0.4) is 0 Å². The van der Waals surface area contributed by atoms with Crippen molar-refractivity contribution in [3.8, 4) is 0 Å². The summed E-state index contributed by atoms with van der Waals surface area (Å²) in [7, 11) is -3.33. The Morgan fingerprint density at radius 2 is 2.08 bits per heavy atom. The largest absolute Gasteiger partial charge is 0.328 e. The molecule has 2 aromatic rings. The molecule has 2 N–H and O–H groups in total. The zero-order chi connectivity index (χ0) is 18.0. The molecular formula is C16H21N5O3S. The highest BCUT2D eigenvalue weighted by atomic mass is 32.2. The second kappa shape index (κ2) is 6.83. The molecule has 25 heavy (non-hydrogen) atoms. The number of rotatable bonds is 5. The molecular weight excluding hydrogens is 342 g/mol. The van der Waals surface area contributed by atoms with Crippen molar-refractivity contribution in [3.05, 3.63) is 41.5 Å². The third-order valence-corrected chi connectivity index (χ3v) is 5.52. The van der Waals surface area contributed by atoms with Gasteiger partial charge in [0.1, 0.15) is 5.82 Å². The Kier molecular flexibility index (Phi) is 4.76. The van der Waals surface area contributed by atoms with Crippen LogP contribution < -0.4 is 4.72 Å². The molecule has 1 aliphatic heterocycles. The second-order valence-electron chi connectivity index (χ2n) is 6.02. The fraction of sp³-hybridized carbons (Fsp3) is 0.438. The van der Waals surface area contributed by atoms with E-state index in [1.807, 2.05) is 6.92 Å². The zero-order valence-corrected chi connectivity index (χ0v) is 15.0. The van der Waals surface area contributed by atoms with E-state index >= 15 is 0 Å². The van der Waals surface area contributed by atoms with Gasteiger partial charge in [-0.15, -0.1) is 0 Å². The van der Waals surface area contributed by atoms with E-state index < -0.39 is 10.0 Å². The van der Waals surface area contributed by atoms with Crippen LogP contribution in [-0.2, 0) is 10.0 Å². The normalized spacial score (nSPS) is 17.7. The van der Waals surface area contributed by atoms with Crippen LogP contribution >= 0.6 is 0 Å². The minimum Gasteiger partial charge on any atom is -0.328 e. The fourth-order valence-corrected chi connectivity index (χ4v) is 3.53. The summed E-state index contributed by atoms with van der Waals surface area (Å²) in [6.45, 7) is 4.05. The maximum absolute atomic E-state index is 12.8. The highest BCUT2D eigenvalue weighted by Gasteiger charge is 2.33. The molecule has 1 atom stereocenters. The third kappa shape index (κ3) is 3.81. The number of amides is 1. The fourth-order valence-electron chi connectivity index (χ4n) is 2.89. The molecule has 1 saturated heterocycles. The number of sulfonamides is 1. The van der Waals surface area contributed by atoms with Crippen molar-refractivity contribution in [2.24, 2.45) is 0 Å². The van der Waals surface area contributed by atoms with Gasteiger partial charge in [-0.25, -0.2) is 13.4 Å². The van der Waals surface area contributed by atoms with E-state index in [9.17, 15) is 13.2 Å². The first-order valence-electron chi connectivity index (χ1n) is 8.20. The average Bonchev–Trinajstić information content (AvgIpc) is 3.23. The number of hydrogen-bond donors (Lipinski definition) is 2. The third-order valence-electron chi connectivity index (χ3n) is 4.21. The summed E-state index contributed by atoms with van der Waals surface area (Å²) in [5.41, 5.74) is 0.958. The average molecular weight is 363 g/mol. The molecule has 8 nitrogen and oxygen atoms in total. The summed E-state index contributed by atoms with van der Waals surface area (Å²) in [5, 5.41) is 7.00. The lowest BCUT2D eigenvalue weighted by Gasteiger charge is -2.22. The number of nitrogens with zero attached hydrogens (tertiary/aromatic N) is 3. The summed E-state index contributed by atoms with van der Waals surface area (Å²) in [6, 6.07) is 6.34. The van der Waals surface area contributed by atoms with Crippen LogP contribution in [0.4, 0.5) is 5.69 Å². The molecule has 3 rings (SSSR count). The number of benzene rings is 1. The van der Waals surface area contributed by atoms with E-state index in [2.05, 4.69) is 19.9 Å². The topological polar surface area (TPSA) is 108 Å². The Morgan fingerprint density at radius 1 is 1.36 bits per heavy atom. The Bertz CT molecular complexity index is 860. The van der Waals surface area contributed by atoms with Gasteiger partial charge in [-0.2, -0.15) is 5.10 Å². The molecule has 0 saturated carbocycles. The first-order valence-corrected chi connectivity index (χ1v) is 9.85. The van der Waals surface area contributed by atoms with Crippen LogP contribution in [0.15, 0.2) is 24.3 Å². The first kappa shape index (κ1) is 17.4. The standard InChI is InChI=1S/C16H21N5O3S/c1-3-25(23,24)20-13-8-6-12(7-9-13)16(22)21-10-4-5-14(21)15-17-11(2)18-19-15/h6-9,14,20H,3-5,10H2,1-2H3,(H,17,18,19). The minimum atomic E-state index is -3.33. The predicted molar refractivity (Wildman–Crippen MR) is 93.7 cm³/mol. The van der Waals surface area contributed by atoms with Gasteiger partial charge in [0.05, 0.1) is 11.8 Å². The van der Waals surface area contributed by atoms with Gasteiger partial charge in [0.15, 0.2) is 5.82 Å². The molecule has 0 radical (unpaired) electrons. The Morgan fingerprint density at radius 3 is 2.68 bits per heavy atom. The highest BCUT2D eigenvalue weighted by molar-refractivity contribution is 7.92. The van der Waals surface area contributed by atoms with Crippen molar-refractivity contribution in [3.63, 3.8) is 0 Å². The number of carbonyl (C=O) groups is 1. The number of aromatic nitrogens is 3. The SMILES string of the molecule is CCS(=O)(=O)Nc1ccc(C(=O)N2CCCC2c2n[nH]c(C)n2)cc1. The molecule has 1 amide bonds. The van der Waals surface area contributed by atoms with Crippen LogP contribution in [0, 0.1) is 6.92 Å². The first-order chi connectivity index (χ1) is 11.9. The summed E-state index contributed by atoms with van der Waals surface area (Å²) in [6.07, 6.45) is 1.73. The van der Waals surface area contributed by atoms with Crippen molar-refractivity contribution in [1.82, 2.24) is 20.1 Å². The number of likely N-dealkylation sites (tertiary alicyclic amines) is 1. The van der Waals surface area contributed by atoms with Gasteiger partial charge >= 0.3 is 0 Å². The predicted octanol–water partition coefficient (Wildman–Crippen LogP) is 1.85. The second-order valence-corrected chi connectivity index (χ2v) is 8.03. The van der Waals surface area contributed by atoms with Crippen LogP contribution in [0.5, 0.6) is 0 Å². The van der Waals surface area contributed by atoms with Crippen LogP contribution in [0.25, 0.3) is 0 Å². The lowest BCUT2D eigenvalue weighted by atomic mass is 10.1. The molecule has 2 heterocycles. The molecule has 134 valence electrons. The van der Waals surface area contributed by atoms with E-state index in [1.54, 1.807) is 36.1 Å². The highest BCUT2D eigenvalue weighted by Crippen LogP contribution is 2.31. The van der Waals surface area contributed by atoms with E-state index in [0.717, 1.165) is 18.7 Å². The maximum Gasteiger partial charge on any atom is 0.254 e. The molecule has 1 fully saturated rings. The lowest BCUT2D eigenvalue weighted by Crippen LogP contribution is -2.31. The van der Waals surface area contributed by atoms with E-state index in [0.29, 0.717) is 23.6 Å². The van der Waals surface area contributed by atoms with Crippen LogP contribution in [-0.4, -0.2) is 46.7 Å². The summed E-state index contributed by atoms with van der Waals surface area (Å²) in [5.74, 6) is 1.26. The van der Waals surface area contributed by atoms with Gasteiger partial charge in [-0.1, -0.05) is 0 Å². The Labute approximate surface area is 146 Å². The zero-order valence-electron chi connectivity index (χ0n) is 14.2. The summed E-state index contributed by atoms with van der Waals surface area (Å²) in [4.78, 5) is 18.9. The van der Waals surface area contributed by atoms with Crippen molar-refractivity contribution in [2.45, 2.75) is 32.7 Å². The molecule has 9 heteroatoms. The smallest absolute Gasteiger partial charge is 0.254 e. The van der Waals surface area contributed by atoms with Gasteiger partial charge in [0.2, 0.25) is 10.0 Å². The number of nitrogens with one attached hydrogen (secondary N) is 2. The number of anilines is 1. The molecule has 1 aliphatic rings. The summed E-state index contributed by atoms with van der Waals surface area (Å²) < 4.78 is 25.7. The lowest BCUT2D eigenvalue weighted by molar-refractivity contribution is 0.0730. The Hall–Kier alpha value is -2.42. The van der Waals surface area contributed by atoms with Gasteiger partial charge < -0.3 is 4.90 Å². The van der Waals surface area contributed by atoms with Crippen molar-refractivity contribution in [2.75, 3.05) is 17.0 Å². The van der Waals surface area contributed by atoms with Gasteiger partial charge in [0.25, 0.3) is 5.91 Å². The molecule has 1 aromatic heterocycles. The monoisotopic (exact) mass is 363 g/mol. The number of aryl methyl sites for hydroxylation is 1. The van der Waals surface area contributed by atoms with Crippen molar-refractivity contribution in [1.29, 1.82) is 0 Å². The number of H-pyrrole nitrogens is 1. The number of aromatic amines is 1.